The number of carbonyl (C=O) groups is 1. The average Bonchev–Trinajstić information content (AvgIpc) is 2.72. The lowest BCUT2D eigenvalue weighted by Crippen LogP contribution is -2.39. The van der Waals surface area contributed by atoms with Gasteiger partial charge in [0.1, 0.15) is 0 Å². The second-order valence-corrected chi connectivity index (χ2v) is 6.41. The fourth-order valence-corrected chi connectivity index (χ4v) is 3.15. The number of benzene rings is 2. The van der Waals surface area contributed by atoms with Crippen molar-refractivity contribution in [1.82, 2.24) is 10.2 Å². The van der Waals surface area contributed by atoms with Gasteiger partial charge in [0.25, 0.3) is 5.91 Å². The summed E-state index contributed by atoms with van der Waals surface area (Å²) in [7, 11) is 1.50. The Morgan fingerprint density at radius 3 is 2.81 bits per heavy atom. The second kappa shape index (κ2) is 9.06. The summed E-state index contributed by atoms with van der Waals surface area (Å²) in [4.78, 5) is 14.4. The summed E-state index contributed by atoms with van der Waals surface area (Å²) in [6, 6.07) is 15.4. The number of nitrogens with one attached hydrogen (secondary N) is 1. The van der Waals surface area contributed by atoms with Crippen LogP contribution in [0.4, 0.5) is 0 Å². The molecule has 2 aromatic rings. The summed E-state index contributed by atoms with van der Waals surface area (Å²) in [5.41, 5.74) is 3.26. The van der Waals surface area contributed by atoms with Gasteiger partial charge in [-0.25, -0.2) is 0 Å². The molecule has 0 saturated heterocycles. The maximum absolute atomic E-state index is 12.0. The Labute approximate surface area is 159 Å². The molecule has 6 nitrogen and oxygen atoms in total. The summed E-state index contributed by atoms with van der Waals surface area (Å²) in [5, 5.41) is 11.8. The number of nitrogens with zero attached hydrogens (tertiary/aromatic N) is 2. The van der Waals surface area contributed by atoms with E-state index in [1.807, 2.05) is 6.07 Å². The fourth-order valence-electron chi connectivity index (χ4n) is 3.15. The molecule has 1 amide bonds. The van der Waals surface area contributed by atoms with Crippen molar-refractivity contribution in [3.63, 3.8) is 0 Å². The third kappa shape index (κ3) is 4.99. The zero-order chi connectivity index (χ0) is 19.1. The molecule has 0 radical (unpaired) electrons. The molecule has 1 aliphatic heterocycles. The van der Waals surface area contributed by atoms with Crippen LogP contribution in [-0.2, 0) is 17.8 Å². The molecule has 1 heterocycles. The van der Waals surface area contributed by atoms with Crippen molar-refractivity contribution in [2.75, 3.05) is 33.4 Å². The molecule has 0 aromatic heterocycles. The van der Waals surface area contributed by atoms with Gasteiger partial charge in [-0.3, -0.25) is 9.69 Å². The largest absolute Gasteiger partial charge is 0.493 e. The molecule has 3 rings (SSSR count). The second-order valence-electron chi connectivity index (χ2n) is 6.41. The monoisotopic (exact) mass is 365 g/mol. The number of ether oxygens (including phenoxy) is 2. The van der Waals surface area contributed by atoms with Gasteiger partial charge in [0.05, 0.1) is 18.7 Å². The van der Waals surface area contributed by atoms with Crippen molar-refractivity contribution in [1.29, 1.82) is 5.26 Å². The lowest BCUT2D eigenvalue weighted by Gasteiger charge is -2.28. The maximum Gasteiger partial charge on any atom is 0.257 e. The Morgan fingerprint density at radius 1 is 1.22 bits per heavy atom. The number of hydrogen-bond acceptors (Lipinski definition) is 5. The predicted molar refractivity (Wildman–Crippen MR) is 102 cm³/mol. The van der Waals surface area contributed by atoms with E-state index >= 15 is 0 Å². The number of amides is 1. The van der Waals surface area contributed by atoms with Crippen molar-refractivity contribution in [3.8, 4) is 17.6 Å². The first-order valence-electron chi connectivity index (χ1n) is 8.96. The molecule has 0 bridgehead atoms. The fraction of sp³-hybridized carbons (Fsp3) is 0.333. The molecule has 0 spiro atoms. The Hall–Kier alpha value is -3.04. The van der Waals surface area contributed by atoms with Crippen LogP contribution in [0, 0.1) is 11.3 Å². The van der Waals surface area contributed by atoms with Crippen LogP contribution in [0.1, 0.15) is 16.7 Å². The normalized spacial score (nSPS) is 13.3. The van der Waals surface area contributed by atoms with Crippen LogP contribution in [0.15, 0.2) is 42.5 Å². The van der Waals surface area contributed by atoms with Crippen molar-refractivity contribution < 1.29 is 14.3 Å². The first kappa shape index (κ1) is 18.7. The van der Waals surface area contributed by atoms with Crippen LogP contribution in [0.3, 0.4) is 0 Å². The minimum absolute atomic E-state index is 0.0922. The average molecular weight is 365 g/mol. The third-order valence-electron chi connectivity index (χ3n) is 4.61. The van der Waals surface area contributed by atoms with Crippen LogP contribution in [0.25, 0.3) is 0 Å². The molecular formula is C21H23N3O3. The van der Waals surface area contributed by atoms with E-state index in [-0.39, 0.29) is 12.5 Å². The molecule has 2 aromatic carbocycles. The number of hydrogen-bond donors (Lipinski definition) is 1. The molecule has 0 aliphatic carbocycles. The zero-order valence-corrected chi connectivity index (χ0v) is 15.4. The van der Waals surface area contributed by atoms with E-state index < -0.39 is 0 Å². The van der Waals surface area contributed by atoms with Crippen LogP contribution < -0.4 is 14.8 Å². The number of fused-ring (bicyclic) bond motifs is 1. The summed E-state index contributed by atoms with van der Waals surface area (Å²) >= 11 is 0. The first-order chi connectivity index (χ1) is 13.2. The molecule has 0 saturated carbocycles. The quantitative estimate of drug-likeness (QED) is 0.814. The standard InChI is InChI=1S/C21H23N3O3/c1-26-20-12-16(13-22)6-7-19(20)27-15-21(25)23-9-11-24-10-8-17-4-2-3-5-18(17)14-24/h2-7,12H,8-11,14-15H2,1H3,(H,23,25). The summed E-state index contributed by atoms with van der Waals surface area (Å²) < 4.78 is 10.7. The lowest BCUT2D eigenvalue weighted by atomic mass is 10.00. The number of nitriles is 1. The van der Waals surface area contributed by atoms with Gasteiger partial charge < -0.3 is 14.8 Å². The highest BCUT2D eigenvalue weighted by Gasteiger charge is 2.15. The van der Waals surface area contributed by atoms with Gasteiger partial charge in [-0.15, -0.1) is 0 Å². The van der Waals surface area contributed by atoms with Gasteiger partial charge in [-0.1, -0.05) is 24.3 Å². The highest BCUT2D eigenvalue weighted by atomic mass is 16.5. The van der Waals surface area contributed by atoms with Crippen LogP contribution >= 0.6 is 0 Å². The van der Waals surface area contributed by atoms with Crippen LogP contribution in [0.5, 0.6) is 11.5 Å². The number of rotatable bonds is 7. The molecule has 0 fully saturated rings. The van der Waals surface area contributed by atoms with E-state index in [1.54, 1.807) is 18.2 Å². The van der Waals surface area contributed by atoms with Crippen molar-refractivity contribution in [2.45, 2.75) is 13.0 Å². The summed E-state index contributed by atoms with van der Waals surface area (Å²) in [5.74, 6) is 0.701. The topological polar surface area (TPSA) is 74.6 Å². The zero-order valence-electron chi connectivity index (χ0n) is 15.4. The highest BCUT2D eigenvalue weighted by molar-refractivity contribution is 5.77. The van der Waals surface area contributed by atoms with Gasteiger partial charge in [-0.2, -0.15) is 5.26 Å². The minimum Gasteiger partial charge on any atom is -0.493 e. The minimum atomic E-state index is -0.182. The Morgan fingerprint density at radius 2 is 2.04 bits per heavy atom. The van der Waals surface area contributed by atoms with E-state index in [0.29, 0.717) is 23.6 Å². The van der Waals surface area contributed by atoms with Gasteiger partial charge in [0.2, 0.25) is 0 Å². The van der Waals surface area contributed by atoms with E-state index in [0.717, 1.165) is 26.1 Å². The number of carbonyl (C=O) groups excluding carboxylic acids is 1. The highest BCUT2D eigenvalue weighted by Crippen LogP contribution is 2.27. The molecule has 0 unspecified atom stereocenters. The first-order valence-corrected chi connectivity index (χ1v) is 8.96. The molecular weight excluding hydrogens is 342 g/mol. The van der Waals surface area contributed by atoms with Gasteiger partial charge in [-0.05, 0) is 29.7 Å². The van der Waals surface area contributed by atoms with Crippen molar-refractivity contribution >= 4 is 5.91 Å². The van der Waals surface area contributed by atoms with Gasteiger partial charge >= 0.3 is 0 Å². The molecule has 6 heteroatoms. The molecule has 0 atom stereocenters. The Kier molecular flexibility index (Phi) is 6.29. The predicted octanol–water partition coefficient (Wildman–Crippen LogP) is 2.12. The third-order valence-corrected chi connectivity index (χ3v) is 4.61. The van der Waals surface area contributed by atoms with E-state index in [4.69, 9.17) is 14.7 Å². The van der Waals surface area contributed by atoms with Crippen LogP contribution in [0.2, 0.25) is 0 Å². The Balaban J connectivity index is 1.41. The number of methoxy groups -OCH3 is 1. The summed E-state index contributed by atoms with van der Waals surface area (Å²) in [6.45, 7) is 3.22. The van der Waals surface area contributed by atoms with E-state index in [2.05, 4.69) is 34.5 Å². The lowest BCUT2D eigenvalue weighted by molar-refractivity contribution is -0.123. The molecule has 1 N–H and O–H groups in total. The van der Waals surface area contributed by atoms with Crippen molar-refractivity contribution in [2.24, 2.45) is 0 Å². The van der Waals surface area contributed by atoms with E-state index in [9.17, 15) is 4.79 Å². The van der Waals surface area contributed by atoms with Gasteiger partial charge in [0, 0.05) is 32.2 Å². The molecule has 140 valence electrons. The van der Waals surface area contributed by atoms with Crippen LogP contribution in [-0.4, -0.2) is 44.2 Å². The Bertz CT molecular complexity index is 845. The smallest absolute Gasteiger partial charge is 0.257 e. The summed E-state index contributed by atoms with van der Waals surface area (Å²) in [6.07, 6.45) is 1.05. The van der Waals surface area contributed by atoms with E-state index in [1.165, 1.54) is 18.2 Å². The maximum atomic E-state index is 12.0. The molecule has 27 heavy (non-hydrogen) atoms. The van der Waals surface area contributed by atoms with Gasteiger partial charge in [0.15, 0.2) is 18.1 Å². The SMILES string of the molecule is COc1cc(C#N)ccc1OCC(=O)NCCN1CCc2ccccc2C1. The van der Waals surface area contributed by atoms with Crippen molar-refractivity contribution in [3.05, 3.63) is 59.2 Å². The molecule has 1 aliphatic rings.